The molecule has 2 N–H and O–H groups in total. The molecule has 0 saturated heterocycles. The molecular weight excluding hydrogens is 312 g/mol. The lowest BCUT2D eigenvalue weighted by Crippen LogP contribution is -2.02. The molecule has 25 heavy (non-hydrogen) atoms. The molecule has 3 aromatic rings. The van der Waals surface area contributed by atoms with Crippen LogP contribution in [0.1, 0.15) is 28.7 Å². The maximum absolute atomic E-state index is 11.5. The molecule has 1 aromatic heterocycles. The third-order valence-electron chi connectivity index (χ3n) is 3.79. The number of rotatable bonds is 5. The molecule has 2 aromatic carbocycles. The maximum atomic E-state index is 11.5. The van der Waals surface area contributed by atoms with Crippen molar-refractivity contribution >= 4 is 28.8 Å². The van der Waals surface area contributed by atoms with Gasteiger partial charge in [-0.2, -0.15) is 0 Å². The number of aromatic nitrogens is 2. The molecule has 0 atom stereocenters. The van der Waals surface area contributed by atoms with E-state index in [0.29, 0.717) is 23.0 Å². The minimum absolute atomic E-state index is 0.0319. The van der Waals surface area contributed by atoms with Gasteiger partial charge in [-0.25, -0.2) is 9.97 Å². The normalized spacial score (nSPS) is 10.4. The van der Waals surface area contributed by atoms with Gasteiger partial charge in [-0.3, -0.25) is 4.79 Å². The highest BCUT2D eigenvalue weighted by Gasteiger charge is 2.06. The molecule has 3 rings (SSSR count). The molecule has 0 fully saturated rings. The van der Waals surface area contributed by atoms with Crippen molar-refractivity contribution < 1.29 is 4.79 Å². The lowest BCUT2D eigenvalue weighted by molar-refractivity contribution is 0.101. The summed E-state index contributed by atoms with van der Waals surface area (Å²) in [5.41, 5.74) is 3.62. The van der Waals surface area contributed by atoms with Crippen LogP contribution >= 0.6 is 0 Å². The summed E-state index contributed by atoms with van der Waals surface area (Å²) >= 11 is 0. The van der Waals surface area contributed by atoms with Gasteiger partial charge in [-0.15, -0.1) is 0 Å². The van der Waals surface area contributed by atoms with E-state index in [1.54, 1.807) is 13.0 Å². The fraction of sp³-hybridized carbons (Fsp3) is 0.150. The van der Waals surface area contributed by atoms with Gasteiger partial charge in [0.1, 0.15) is 17.5 Å². The topological polar surface area (TPSA) is 66.9 Å². The molecule has 0 radical (unpaired) electrons. The van der Waals surface area contributed by atoms with Gasteiger partial charge in [0, 0.05) is 23.0 Å². The largest absolute Gasteiger partial charge is 0.340 e. The number of hydrogen-bond acceptors (Lipinski definition) is 5. The van der Waals surface area contributed by atoms with Crippen LogP contribution in [0.4, 0.5) is 23.0 Å². The highest BCUT2D eigenvalue weighted by molar-refractivity contribution is 5.95. The molecule has 0 unspecified atom stereocenters. The zero-order valence-corrected chi connectivity index (χ0v) is 14.5. The number of anilines is 4. The monoisotopic (exact) mass is 332 g/mol. The smallest absolute Gasteiger partial charge is 0.159 e. The van der Waals surface area contributed by atoms with Crippen molar-refractivity contribution in [2.45, 2.75) is 20.8 Å². The number of ketones is 1. The van der Waals surface area contributed by atoms with E-state index in [1.165, 1.54) is 0 Å². The second-order valence-corrected chi connectivity index (χ2v) is 5.89. The number of para-hydroxylation sites is 1. The Labute approximate surface area is 147 Å². The summed E-state index contributed by atoms with van der Waals surface area (Å²) < 4.78 is 0. The predicted molar refractivity (Wildman–Crippen MR) is 101 cm³/mol. The van der Waals surface area contributed by atoms with Crippen LogP contribution in [0, 0.1) is 13.8 Å². The summed E-state index contributed by atoms with van der Waals surface area (Å²) in [6.45, 7) is 5.45. The summed E-state index contributed by atoms with van der Waals surface area (Å²) in [5, 5.41) is 6.56. The summed E-state index contributed by atoms with van der Waals surface area (Å²) in [5.74, 6) is 2.07. The molecule has 5 nitrogen and oxygen atoms in total. The second kappa shape index (κ2) is 7.13. The van der Waals surface area contributed by atoms with Crippen LogP contribution in [-0.4, -0.2) is 15.8 Å². The minimum atomic E-state index is 0.0319. The van der Waals surface area contributed by atoms with Crippen molar-refractivity contribution in [1.29, 1.82) is 0 Å². The van der Waals surface area contributed by atoms with E-state index in [0.717, 1.165) is 16.9 Å². The molecule has 126 valence electrons. The lowest BCUT2D eigenvalue weighted by Gasteiger charge is -2.12. The molecule has 5 heteroatoms. The fourth-order valence-corrected chi connectivity index (χ4v) is 2.51. The van der Waals surface area contributed by atoms with E-state index in [-0.39, 0.29) is 5.78 Å². The third kappa shape index (κ3) is 4.20. The Kier molecular flexibility index (Phi) is 4.75. The fourth-order valence-electron chi connectivity index (χ4n) is 2.51. The van der Waals surface area contributed by atoms with E-state index < -0.39 is 0 Å². The lowest BCUT2D eigenvalue weighted by atomic mass is 10.1. The zero-order chi connectivity index (χ0) is 17.8. The minimum Gasteiger partial charge on any atom is -0.340 e. The van der Waals surface area contributed by atoms with E-state index in [9.17, 15) is 4.79 Å². The number of nitrogens with zero attached hydrogens (tertiary/aromatic N) is 2. The summed E-state index contributed by atoms with van der Waals surface area (Å²) in [6, 6.07) is 17.2. The van der Waals surface area contributed by atoms with Crippen molar-refractivity contribution in [3.05, 3.63) is 71.5 Å². The molecule has 0 spiro atoms. The number of nitrogens with one attached hydrogen (secondary N) is 2. The van der Waals surface area contributed by atoms with Crippen LogP contribution < -0.4 is 10.6 Å². The molecule has 0 aliphatic carbocycles. The van der Waals surface area contributed by atoms with Crippen molar-refractivity contribution in [1.82, 2.24) is 9.97 Å². The van der Waals surface area contributed by atoms with E-state index >= 15 is 0 Å². The number of aryl methyl sites for hydroxylation is 2. The quantitative estimate of drug-likeness (QED) is 0.658. The Hall–Kier alpha value is -3.21. The van der Waals surface area contributed by atoms with Gasteiger partial charge < -0.3 is 10.6 Å². The van der Waals surface area contributed by atoms with Gasteiger partial charge in [-0.1, -0.05) is 30.3 Å². The first-order valence-electron chi connectivity index (χ1n) is 8.07. The Bertz CT molecular complexity index is 921. The van der Waals surface area contributed by atoms with Gasteiger partial charge in [0.2, 0.25) is 0 Å². The van der Waals surface area contributed by atoms with Gasteiger partial charge in [-0.05, 0) is 44.5 Å². The Morgan fingerprint density at radius 1 is 0.880 bits per heavy atom. The number of Topliss-reactive ketones (excluding diaryl/α,β-unsaturated/α-hetero) is 1. The highest BCUT2D eigenvalue weighted by Crippen LogP contribution is 2.22. The van der Waals surface area contributed by atoms with E-state index in [1.807, 2.05) is 62.4 Å². The van der Waals surface area contributed by atoms with Crippen molar-refractivity contribution in [2.24, 2.45) is 0 Å². The first kappa shape index (κ1) is 16.6. The number of carbonyl (C=O) groups is 1. The SMILES string of the molecule is CC(=O)c1cccc(Nc2cc(Nc3ccccc3C)nc(C)n2)c1. The van der Waals surface area contributed by atoms with E-state index in [2.05, 4.69) is 20.6 Å². The first-order chi connectivity index (χ1) is 12.0. The van der Waals surface area contributed by atoms with Crippen LogP contribution in [0.3, 0.4) is 0 Å². The van der Waals surface area contributed by atoms with Crippen molar-refractivity contribution in [3.63, 3.8) is 0 Å². The second-order valence-electron chi connectivity index (χ2n) is 5.89. The Morgan fingerprint density at radius 3 is 2.32 bits per heavy atom. The number of benzene rings is 2. The molecule has 0 amide bonds. The van der Waals surface area contributed by atoms with Gasteiger partial charge in [0.25, 0.3) is 0 Å². The Morgan fingerprint density at radius 2 is 1.60 bits per heavy atom. The molecular formula is C20H20N4O. The maximum Gasteiger partial charge on any atom is 0.159 e. The number of carbonyl (C=O) groups excluding carboxylic acids is 1. The Balaban J connectivity index is 1.86. The van der Waals surface area contributed by atoms with E-state index in [4.69, 9.17) is 0 Å². The van der Waals surface area contributed by atoms with Gasteiger partial charge in [0.15, 0.2) is 5.78 Å². The predicted octanol–water partition coefficient (Wildman–Crippen LogP) is 4.78. The highest BCUT2D eigenvalue weighted by atomic mass is 16.1. The zero-order valence-electron chi connectivity index (χ0n) is 14.5. The van der Waals surface area contributed by atoms with Gasteiger partial charge in [0.05, 0.1) is 0 Å². The molecule has 1 heterocycles. The molecule has 0 bridgehead atoms. The van der Waals surface area contributed by atoms with Crippen molar-refractivity contribution in [2.75, 3.05) is 10.6 Å². The van der Waals surface area contributed by atoms with Crippen LogP contribution in [0.25, 0.3) is 0 Å². The summed E-state index contributed by atoms with van der Waals surface area (Å²) in [6.07, 6.45) is 0. The average Bonchev–Trinajstić information content (AvgIpc) is 2.57. The third-order valence-corrected chi connectivity index (χ3v) is 3.79. The van der Waals surface area contributed by atoms with Crippen LogP contribution in [-0.2, 0) is 0 Å². The standard InChI is InChI=1S/C20H20N4O/c1-13-7-4-5-10-18(13)24-20-12-19(21-15(3)22-20)23-17-9-6-8-16(11-17)14(2)25/h4-12H,1-3H3,(H2,21,22,23,24). The van der Waals surface area contributed by atoms with Crippen LogP contribution in [0.5, 0.6) is 0 Å². The average molecular weight is 332 g/mol. The first-order valence-corrected chi connectivity index (χ1v) is 8.07. The van der Waals surface area contributed by atoms with Gasteiger partial charge >= 0.3 is 0 Å². The van der Waals surface area contributed by atoms with Crippen LogP contribution in [0.15, 0.2) is 54.6 Å². The number of hydrogen-bond donors (Lipinski definition) is 2. The summed E-state index contributed by atoms with van der Waals surface area (Å²) in [7, 11) is 0. The molecule has 0 saturated carbocycles. The summed E-state index contributed by atoms with van der Waals surface area (Å²) in [4.78, 5) is 20.4. The molecule has 0 aliphatic heterocycles. The van der Waals surface area contributed by atoms with Crippen molar-refractivity contribution in [3.8, 4) is 0 Å². The molecule has 0 aliphatic rings. The van der Waals surface area contributed by atoms with Crippen LogP contribution in [0.2, 0.25) is 0 Å².